The van der Waals surface area contributed by atoms with Crippen molar-refractivity contribution < 1.29 is 4.74 Å². The highest BCUT2D eigenvalue weighted by Gasteiger charge is 2.35. The van der Waals surface area contributed by atoms with E-state index in [-0.39, 0.29) is 0 Å². The number of rotatable bonds is 5. The van der Waals surface area contributed by atoms with Crippen molar-refractivity contribution in [2.75, 3.05) is 11.9 Å². The van der Waals surface area contributed by atoms with Gasteiger partial charge in [0.1, 0.15) is 0 Å². The van der Waals surface area contributed by atoms with Crippen molar-refractivity contribution in [3.63, 3.8) is 0 Å². The highest BCUT2D eigenvalue weighted by atomic mass is 16.5. The minimum absolute atomic E-state index is 0.601. The molecular formula is C12H18N2O. The van der Waals surface area contributed by atoms with Gasteiger partial charge in [-0.15, -0.1) is 0 Å². The average Bonchev–Trinajstić information content (AvgIpc) is 3.00. The zero-order chi connectivity index (χ0) is 10.7. The first kappa shape index (κ1) is 10.3. The molecule has 1 aromatic heterocycles. The molecule has 0 bridgehead atoms. The number of hydrogen-bond donors (Lipinski definition) is 1. The molecule has 3 heteroatoms. The van der Waals surface area contributed by atoms with Crippen LogP contribution in [-0.4, -0.2) is 17.6 Å². The summed E-state index contributed by atoms with van der Waals surface area (Å²) in [5.41, 5.74) is 0. The van der Waals surface area contributed by atoms with E-state index >= 15 is 0 Å². The van der Waals surface area contributed by atoms with Gasteiger partial charge in [0.2, 0.25) is 0 Å². The SMILES string of the molecule is CCOc1cccnc1NC1CC1CC. The van der Waals surface area contributed by atoms with Gasteiger partial charge >= 0.3 is 0 Å². The molecule has 0 amide bonds. The molecule has 0 aromatic carbocycles. The van der Waals surface area contributed by atoms with Crippen LogP contribution in [-0.2, 0) is 0 Å². The van der Waals surface area contributed by atoms with E-state index in [0.717, 1.165) is 17.5 Å². The van der Waals surface area contributed by atoms with Gasteiger partial charge in [-0.3, -0.25) is 0 Å². The fraction of sp³-hybridized carbons (Fsp3) is 0.583. The standard InChI is InChI=1S/C12H18N2O/c1-3-9-8-10(9)14-12-11(15-4-2)6-5-7-13-12/h5-7,9-10H,3-4,8H2,1-2H3,(H,13,14). The van der Waals surface area contributed by atoms with Crippen LogP contribution in [0.1, 0.15) is 26.7 Å². The van der Waals surface area contributed by atoms with Gasteiger partial charge < -0.3 is 10.1 Å². The Hall–Kier alpha value is -1.25. The van der Waals surface area contributed by atoms with E-state index in [9.17, 15) is 0 Å². The normalized spacial score (nSPS) is 23.6. The van der Waals surface area contributed by atoms with E-state index in [4.69, 9.17) is 4.74 Å². The van der Waals surface area contributed by atoms with Gasteiger partial charge in [0.25, 0.3) is 0 Å². The highest BCUT2D eigenvalue weighted by Crippen LogP contribution is 2.37. The van der Waals surface area contributed by atoms with Crippen LogP contribution in [0.25, 0.3) is 0 Å². The average molecular weight is 206 g/mol. The van der Waals surface area contributed by atoms with Crippen molar-refractivity contribution >= 4 is 5.82 Å². The molecule has 82 valence electrons. The first-order chi connectivity index (χ1) is 7.35. The number of aromatic nitrogens is 1. The van der Waals surface area contributed by atoms with E-state index in [1.165, 1.54) is 12.8 Å². The third-order valence-corrected chi connectivity index (χ3v) is 2.84. The van der Waals surface area contributed by atoms with E-state index in [0.29, 0.717) is 12.6 Å². The van der Waals surface area contributed by atoms with Crippen molar-refractivity contribution in [1.29, 1.82) is 0 Å². The summed E-state index contributed by atoms with van der Waals surface area (Å²) in [6.07, 6.45) is 4.31. The molecule has 0 saturated heterocycles. The molecule has 1 saturated carbocycles. The number of ether oxygens (including phenoxy) is 1. The van der Waals surface area contributed by atoms with E-state index < -0.39 is 0 Å². The fourth-order valence-corrected chi connectivity index (χ4v) is 1.82. The quantitative estimate of drug-likeness (QED) is 0.804. The van der Waals surface area contributed by atoms with Crippen molar-refractivity contribution in [2.24, 2.45) is 5.92 Å². The Kier molecular flexibility index (Phi) is 3.09. The third-order valence-electron chi connectivity index (χ3n) is 2.84. The molecule has 1 aliphatic carbocycles. The molecule has 0 aliphatic heterocycles. The molecular weight excluding hydrogens is 188 g/mol. The molecule has 0 radical (unpaired) electrons. The van der Waals surface area contributed by atoms with Gasteiger partial charge in [-0.25, -0.2) is 4.98 Å². The summed E-state index contributed by atoms with van der Waals surface area (Å²) in [5, 5.41) is 3.43. The summed E-state index contributed by atoms with van der Waals surface area (Å²) in [6.45, 7) is 4.90. The minimum atomic E-state index is 0.601. The summed E-state index contributed by atoms with van der Waals surface area (Å²) in [7, 11) is 0. The van der Waals surface area contributed by atoms with Gasteiger partial charge in [0.05, 0.1) is 6.61 Å². The van der Waals surface area contributed by atoms with Crippen LogP contribution in [0, 0.1) is 5.92 Å². The minimum Gasteiger partial charge on any atom is -0.490 e. The van der Waals surface area contributed by atoms with Crippen LogP contribution in [0.4, 0.5) is 5.82 Å². The zero-order valence-corrected chi connectivity index (χ0v) is 9.36. The van der Waals surface area contributed by atoms with Crippen LogP contribution in [0.2, 0.25) is 0 Å². The highest BCUT2D eigenvalue weighted by molar-refractivity contribution is 5.51. The molecule has 1 aliphatic rings. The maximum atomic E-state index is 5.51. The van der Waals surface area contributed by atoms with E-state index in [1.54, 1.807) is 6.20 Å². The van der Waals surface area contributed by atoms with Gasteiger partial charge in [-0.1, -0.05) is 13.3 Å². The molecule has 1 aromatic rings. The molecule has 0 spiro atoms. The summed E-state index contributed by atoms with van der Waals surface area (Å²) < 4.78 is 5.51. The second kappa shape index (κ2) is 4.51. The summed E-state index contributed by atoms with van der Waals surface area (Å²) in [6, 6.07) is 4.46. The Morgan fingerprint density at radius 2 is 2.40 bits per heavy atom. The van der Waals surface area contributed by atoms with Crippen LogP contribution in [0.5, 0.6) is 5.75 Å². The first-order valence-corrected chi connectivity index (χ1v) is 5.69. The monoisotopic (exact) mass is 206 g/mol. The number of anilines is 1. The maximum Gasteiger partial charge on any atom is 0.168 e. The smallest absolute Gasteiger partial charge is 0.168 e. The predicted molar refractivity (Wildman–Crippen MR) is 61.2 cm³/mol. The van der Waals surface area contributed by atoms with E-state index in [1.807, 2.05) is 19.1 Å². The largest absolute Gasteiger partial charge is 0.490 e. The Labute approximate surface area is 90.9 Å². The number of hydrogen-bond acceptors (Lipinski definition) is 3. The fourth-order valence-electron chi connectivity index (χ4n) is 1.82. The molecule has 2 rings (SSSR count). The Morgan fingerprint density at radius 1 is 1.53 bits per heavy atom. The van der Waals surface area contributed by atoms with Crippen LogP contribution in [0.3, 0.4) is 0 Å². The van der Waals surface area contributed by atoms with Gasteiger partial charge in [0, 0.05) is 12.2 Å². The summed E-state index contributed by atoms with van der Waals surface area (Å²) in [4.78, 5) is 4.31. The van der Waals surface area contributed by atoms with Crippen LogP contribution in [0.15, 0.2) is 18.3 Å². The third kappa shape index (κ3) is 2.41. The lowest BCUT2D eigenvalue weighted by molar-refractivity contribution is 0.340. The number of nitrogens with zero attached hydrogens (tertiary/aromatic N) is 1. The van der Waals surface area contributed by atoms with Crippen LogP contribution < -0.4 is 10.1 Å². The van der Waals surface area contributed by atoms with Gasteiger partial charge in [-0.05, 0) is 31.4 Å². The lowest BCUT2D eigenvalue weighted by atomic mass is 10.3. The second-order valence-electron chi connectivity index (χ2n) is 3.94. The molecule has 2 atom stereocenters. The number of nitrogens with one attached hydrogen (secondary N) is 1. The van der Waals surface area contributed by atoms with Crippen molar-refractivity contribution in [3.05, 3.63) is 18.3 Å². The van der Waals surface area contributed by atoms with Crippen molar-refractivity contribution in [2.45, 2.75) is 32.7 Å². The van der Waals surface area contributed by atoms with Crippen LogP contribution >= 0.6 is 0 Å². The van der Waals surface area contributed by atoms with Crippen molar-refractivity contribution in [3.8, 4) is 5.75 Å². The maximum absolute atomic E-state index is 5.51. The summed E-state index contributed by atoms with van der Waals surface area (Å²) in [5.74, 6) is 2.57. The van der Waals surface area contributed by atoms with Gasteiger partial charge in [-0.2, -0.15) is 0 Å². The molecule has 1 fully saturated rings. The van der Waals surface area contributed by atoms with Gasteiger partial charge in [0.15, 0.2) is 11.6 Å². The lowest BCUT2D eigenvalue weighted by Gasteiger charge is -2.10. The predicted octanol–water partition coefficient (Wildman–Crippen LogP) is 2.69. The second-order valence-corrected chi connectivity index (χ2v) is 3.94. The molecule has 3 nitrogen and oxygen atoms in total. The Bertz CT molecular complexity index is 327. The topological polar surface area (TPSA) is 34.1 Å². The Balaban J connectivity index is 2.01. The molecule has 1 N–H and O–H groups in total. The molecule has 1 heterocycles. The number of pyridine rings is 1. The zero-order valence-electron chi connectivity index (χ0n) is 9.36. The summed E-state index contributed by atoms with van der Waals surface area (Å²) >= 11 is 0. The lowest BCUT2D eigenvalue weighted by Crippen LogP contribution is -2.08. The Morgan fingerprint density at radius 3 is 3.07 bits per heavy atom. The first-order valence-electron chi connectivity index (χ1n) is 5.69. The molecule has 15 heavy (non-hydrogen) atoms. The van der Waals surface area contributed by atoms with E-state index in [2.05, 4.69) is 17.2 Å². The van der Waals surface area contributed by atoms with Crippen molar-refractivity contribution in [1.82, 2.24) is 4.98 Å². The molecule has 2 unspecified atom stereocenters.